The molecule has 0 aromatic rings. The first-order valence-corrected chi connectivity index (χ1v) is 3.32. The molecule has 2 heteroatoms. The van der Waals surface area contributed by atoms with E-state index < -0.39 is 11.7 Å². The van der Waals surface area contributed by atoms with Crippen molar-refractivity contribution in [3.05, 3.63) is 0 Å². The third-order valence-corrected chi connectivity index (χ3v) is 0.792. The predicted octanol–water partition coefficient (Wildman–Crippen LogP) is 0.532. The first-order valence-electron chi connectivity index (χ1n) is 3.32. The van der Waals surface area contributed by atoms with Crippen LogP contribution in [0.25, 0.3) is 0 Å². The van der Waals surface area contributed by atoms with Crippen molar-refractivity contribution in [2.75, 3.05) is 0 Å². The summed E-state index contributed by atoms with van der Waals surface area (Å²) in [6, 6.07) is 0. The van der Waals surface area contributed by atoms with E-state index in [9.17, 15) is 0 Å². The van der Waals surface area contributed by atoms with Crippen LogP contribution in [-0.2, 0) is 0 Å². The van der Waals surface area contributed by atoms with Gasteiger partial charge in [0.25, 0.3) is 0 Å². The molecule has 0 saturated heterocycles. The number of rotatable bonds is 1. The summed E-state index contributed by atoms with van der Waals surface area (Å²) < 4.78 is 0. The van der Waals surface area contributed by atoms with Crippen LogP contribution in [0.2, 0.25) is 0 Å². The molecule has 0 rings (SSSR count). The zero-order valence-electron chi connectivity index (χ0n) is 6.68. The van der Waals surface area contributed by atoms with E-state index >= 15 is 0 Å². The Balaban J connectivity index is 3.71. The van der Waals surface area contributed by atoms with Crippen molar-refractivity contribution in [3.63, 3.8) is 0 Å². The molecule has 58 valence electrons. The Morgan fingerprint density at radius 2 is 2.00 bits per heavy atom. The van der Waals surface area contributed by atoms with Crippen LogP contribution in [0.4, 0.5) is 0 Å². The standard InChI is InChI=1S/C8H14O2/c1-7(9)5-4-6-8(2,3)10/h7,9-10H,5H2,1-3H3. The smallest absolute Gasteiger partial charge is 0.119 e. The number of hydrogen-bond acceptors (Lipinski definition) is 2. The Morgan fingerprint density at radius 3 is 2.30 bits per heavy atom. The van der Waals surface area contributed by atoms with Crippen molar-refractivity contribution in [1.29, 1.82) is 0 Å². The van der Waals surface area contributed by atoms with E-state index in [0.29, 0.717) is 6.42 Å². The van der Waals surface area contributed by atoms with E-state index in [1.807, 2.05) is 0 Å². The topological polar surface area (TPSA) is 40.5 Å². The minimum absolute atomic E-state index is 0.408. The molecule has 2 N–H and O–H groups in total. The maximum absolute atomic E-state index is 9.08. The van der Waals surface area contributed by atoms with E-state index in [2.05, 4.69) is 11.8 Å². The van der Waals surface area contributed by atoms with Gasteiger partial charge < -0.3 is 10.2 Å². The third-order valence-electron chi connectivity index (χ3n) is 0.792. The fourth-order valence-electron chi connectivity index (χ4n) is 0.415. The van der Waals surface area contributed by atoms with Gasteiger partial charge in [-0.25, -0.2) is 0 Å². The summed E-state index contributed by atoms with van der Waals surface area (Å²) in [6.45, 7) is 4.89. The summed E-state index contributed by atoms with van der Waals surface area (Å²) in [7, 11) is 0. The largest absolute Gasteiger partial charge is 0.392 e. The van der Waals surface area contributed by atoms with Gasteiger partial charge in [0, 0.05) is 6.42 Å². The Labute approximate surface area is 61.9 Å². The molecule has 0 aliphatic carbocycles. The van der Waals surface area contributed by atoms with Crippen LogP contribution >= 0.6 is 0 Å². The second-order valence-electron chi connectivity index (χ2n) is 2.91. The molecule has 1 unspecified atom stereocenters. The van der Waals surface area contributed by atoms with Crippen molar-refractivity contribution in [3.8, 4) is 11.8 Å². The van der Waals surface area contributed by atoms with E-state index in [1.54, 1.807) is 20.8 Å². The summed E-state index contributed by atoms with van der Waals surface area (Å²) >= 11 is 0. The molecule has 0 aliphatic rings. The van der Waals surface area contributed by atoms with E-state index in [4.69, 9.17) is 10.2 Å². The zero-order chi connectivity index (χ0) is 8.20. The second kappa shape index (κ2) is 3.60. The number of aliphatic hydroxyl groups excluding tert-OH is 1. The average molecular weight is 142 g/mol. The first kappa shape index (κ1) is 9.48. The second-order valence-corrected chi connectivity index (χ2v) is 2.91. The Bertz CT molecular complexity index is 143. The van der Waals surface area contributed by atoms with Crippen molar-refractivity contribution >= 4 is 0 Å². The van der Waals surface area contributed by atoms with Gasteiger partial charge in [0.05, 0.1) is 6.10 Å². The normalized spacial score (nSPS) is 13.7. The predicted molar refractivity (Wildman–Crippen MR) is 40.4 cm³/mol. The molecule has 0 aliphatic heterocycles. The number of aliphatic hydroxyl groups is 2. The maximum Gasteiger partial charge on any atom is 0.119 e. The molecule has 10 heavy (non-hydrogen) atoms. The van der Waals surface area contributed by atoms with Gasteiger partial charge in [0.15, 0.2) is 0 Å². The van der Waals surface area contributed by atoms with Crippen LogP contribution in [0.15, 0.2) is 0 Å². The molecule has 2 nitrogen and oxygen atoms in total. The molecule has 0 amide bonds. The molecule has 0 fully saturated rings. The summed E-state index contributed by atoms with van der Waals surface area (Å²) in [5.41, 5.74) is -0.936. The van der Waals surface area contributed by atoms with Gasteiger partial charge >= 0.3 is 0 Å². The van der Waals surface area contributed by atoms with Crippen molar-refractivity contribution < 1.29 is 10.2 Å². The van der Waals surface area contributed by atoms with Gasteiger partial charge in [-0.3, -0.25) is 0 Å². The molecule has 0 aromatic heterocycles. The van der Waals surface area contributed by atoms with E-state index in [-0.39, 0.29) is 0 Å². The van der Waals surface area contributed by atoms with Crippen molar-refractivity contribution in [2.45, 2.75) is 38.9 Å². The molecular formula is C8H14O2. The van der Waals surface area contributed by atoms with Crippen LogP contribution in [0, 0.1) is 11.8 Å². The van der Waals surface area contributed by atoms with Crippen LogP contribution < -0.4 is 0 Å². The summed E-state index contributed by atoms with van der Waals surface area (Å²) in [6.07, 6.45) is 0.0131. The fraction of sp³-hybridized carbons (Fsp3) is 0.750. The summed E-state index contributed by atoms with van der Waals surface area (Å²) in [5.74, 6) is 5.27. The summed E-state index contributed by atoms with van der Waals surface area (Å²) in [4.78, 5) is 0. The van der Waals surface area contributed by atoms with Crippen molar-refractivity contribution in [2.24, 2.45) is 0 Å². The SMILES string of the molecule is CC(O)CC#CC(C)(C)O. The molecule has 0 radical (unpaired) electrons. The Morgan fingerprint density at radius 1 is 1.50 bits per heavy atom. The van der Waals surface area contributed by atoms with Gasteiger partial charge in [-0.1, -0.05) is 11.8 Å². The lowest BCUT2D eigenvalue weighted by Gasteiger charge is -2.06. The van der Waals surface area contributed by atoms with Crippen LogP contribution in [0.3, 0.4) is 0 Å². The zero-order valence-corrected chi connectivity index (χ0v) is 6.68. The highest BCUT2D eigenvalue weighted by atomic mass is 16.3. The molecular weight excluding hydrogens is 128 g/mol. The minimum Gasteiger partial charge on any atom is -0.392 e. The van der Waals surface area contributed by atoms with Gasteiger partial charge in [-0.05, 0) is 20.8 Å². The van der Waals surface area contributed by atoms with Gasteiger partial charge in [-0.15, -0.1) is 0 Å². The van der Waals surface area contributed by atoms with Crippen LogP contribution in [-0.4, -0.2) is 21.9 Å². The molecule has 0 heterocycles. The third kappa shape index (κ3) is 7.48. The van der Waals surface area contributed by atoms with Crippen LogP contribution in [0.1, 0.15) is 27.2 Å². The van der Waals surface area contributed by atoms with E-state index in [0.717, 1.165) is 0 Å². The Kier molecular flexibility index (Phi) is 3.41. The molecule has 0 saturated carbocycles. The quantitative estimate of drug-likeness (QED) is 0.524. The molecule has 0 bridgehead atoms. The highest BCUT2D eigenvalue weighted by Gasteiger charge is 2.05. The lowest BCUT2D eigenvalue weighted by molar-refractivity contribution is 0.143. The van der Waals surface area contributed by atoms with Gasteiger partial charge in [-0.2, -0.15) is 0 Å². The van der Waals surface area contributed by atoms with Gasteiger partial charge in [0.2, 0.25) is 0 Å². The monoisotopic (exact) mass is 142 g/mol. The highest BCUT2D eigenvalue weighted by Crippen LogP contribution is 1.97. The fourth-order valence-corrected chi connectivity index (χ4v) is 0.415. The molecule has 0 spiro atoms. The van der Waals surface area contributed by atoms with Crippen LogP contribution in [0.5, 0.6) is 0 Å². The minimum atomic E-state index is -0.936. The lowest BCUT2D eigenvalue weighted by Crippen LogP contribution is -2.14. The van der Waals surface area contributed by atoms with Gasteiger partial charge in [0.1, 0.15) is 5.60 Å². The summed E-state index contributed by atoms with van der Waals surface area (Å²) in [5, 5.41) is 17.8. The average Bonchev–Trinajstić information content (AvgIpc) is 1.59. The lowest BCUT2D eigenvalue weighted by atomic mass is 10.1. The van der Waals surface area contributed by atoms with E-state index in [1.165, 1.54) is 0 Å². The van der Waals surface area contributed by atoms with Crippen molar-refractivity contribution in [1.82, 2.24) is 0 Å². The number of hydrogen-bond donors (Lipinski definition) is 2. The highest BCUT2D eigenvalue weighted by molar-refractivity contribution is 5.10. The molecule has 0 aromatic carbocycles. The first-order chi connectivity index (χ1) is 4.42. The Hall–Kier alpha value is -0.520. The maximum atomic E-state index is 9.08. The molecule has 1 atom stereocenters.